The number of fused-ring (bicyclic) bond motifs is 3. The van der Waals surface area contributed by atoms with Crippen LogP contribution in [0.25, 0.3) is 21.6 Å². The number of hydrogen-bond donors (Lipinski definition) is 1. The van der Waals surface area contributed by atoms with E-state index in [1.807, 2.05) is 48.5 Å². The molecule has 5 rings (SSSR count). The number of hydrogen-bond acceptors (Lipinski definition) is 5. The summed E-state index contributed by atoms with van der Waals surface area (Å²) in [6.07, 6.45) is 4.32. The van der Waals surface area contributed by atoms with Crippen LogP contribution in [0.4, 0.5) is 0 Å². The second kappa shape index (κ2) is 8.85. The van der Waals surface area contributed by atoms with Gasteiger partial charge in [-0.05, 0) is 61.6 Å². The van der Waals surface area contributed by atoms with Crippen molar-refractivity contribution in [2.75, 3.05) is 13.2 Å². The third-order valence-electron chi connectivity index (χ3n) is 5.37. The molecular weight excluding hydrogens is 476 g/mol. The molecule has 1 N–H and O–H groups in total. The number of ether oxygens (including phenoxy) is 2. The van der Waals surface area contributed by atoms with Gasteiger partial charge in [0.05, 0.1) is 10.9 Å². The summed E-state index contributed by atoms with van der Waals surface area (Å²) >= 11 is 5.17. The molecule has 0 fully saturated rings. The minimum atomic E-state index is -0.0715. The first kappa shape index (κ1) is 20.3. The molecule has 7 heteroatoms. The third-order valence-corrected chi connectivity index (χ3v) is 7.05. The molecule has 2 aromatic heterocycles. The largest absolute Gasteiger partial charge is 0.490 e. The maximum absolute atomic E-state index is 13.0. The SMILES string of the molecule is O=c1[nH]c(-c2cc(Br)ccc2OCCOc2ccccc2)nc2sc3c(c12)CCCC3. The lowest BCUT2D eigenvalue weighted by Crippen LogP contribution is -2.12. The fourth-order valence-electron chi connectivity index (χ4n) is 3.93. The first-order chi connectivity index (χ1) is 15.2. The highest BCUT2D eigenvalue weighted by molar-refractivity contribution is 9.10. The molecule has 1 aliphatic carbocycles. The summed E-state index contributed by atoms with van der Waals surface area (Å²) in [5, 5.41) is 0.761. The molecule has 2 aromatic carbocycles. The van der Waals surface area contributed by atoms with Crippen LogP contribution in [0.2, 0.25) is 0 Å². The second-order valence-electron chi connectivity index (χ2n) is 7.46. The smallest absolute Gasteiger partial charge is 0.260 e. The number of halogens is 1. The van der Waals surface area contributed by atoms with Crippen LogP contribution >= 0.6 is 27.3 Å². The summed E-state index contributed by atoms with van der Waals surface area (Å²) < 4.78 is 12.6. The van der Waals surface area contributed by atoms with E-state index in [-0.39, 0.29) is 5.56 Å². The van der Waals surface area contributed by atoms with E-state index in [0.29, 0.717) is 24.8 Å². The van der Waals surface area contributed by atoms with E-state index < -0.39 is 0 Å². The van der Waals surface area contributed by atoms with Gasteiger partial charge in [0, 0.05) is 9.35 Å². The van der Waals surface area contributed by atoms with Gasteiger partial charge < -0.3 is 14.5 Å². The first-order valence-corrected chi connectivity index (χ1v) is 11.9. The number of nitrogens with one attached hydrogen (secondary N) is 1. The summed E-state index contributed by atoms with van der Waals surface area (Å²) in [5.74, 6) is 1.99. The van der Waals surface area contributed by atoms with Crippen LogP contribution in [0.3, 0.4) is 0 Å². The monoisotopic (exact) mass is 496 g/mol. The number of aromatic amines is 1. The van der Waals surface area contributed by atoms with Gasteiger partial charge in [0.2, 0.25) is 0 Å². The number of benzene rings is 2. The van der Waals surface area contributed by atoms with Gasteiger partial charge in [0.25, 0.3) is 5.56 Å². The molecule has 0 saturated carbocycles. The van der Waals surface area contributed by atoms with E-state index in [0.717, 1.165) is 45.3 Å². The van der Waals surface area contributed by atoms with E-state index >= 15 is 0 Å². The van der Waals surface area contributed by atoms with E-state index in [1.165, 1.54) is 16.9 Å². The minimum absolute atomic E-state index is 0.0715. The quantitative estimate of drug-likeness (QED) is 0.345. The van der Waals surface area contributed by atoms with Gasteiger partial charge in [-0.3, -0.25) is 4.79 Å². The van der Waals surface area contributed by atoms with Crippen LogP contribution in [0, 0.1) is 0 Å². The van der Waals surface area contributed by atoms with Crippen LogP contribution in [-0.4, -0.2) is 23.2 Å². The van der Waals surface area contributed by atoms with Crippen molar-refractivity contribution in [1.82, 2.24) is 9.97 Å². The van der Waals surface area contributed by atoms with Crippen molar-refractivity contribution >= 4 is 37.5 Å². The molecule has 0 unspecified atom stereocenters. The predicted molar refractivity (Wildman–Crippen MR) is 127 cm³/mol. The fourth-order valence-corrected chi connectivity index (χ4v) is 5.56. The van der Waals surface area contributed by atoms with E-state index in [4.69, 9.17) is 14.5 Å². The molecule has 0 bridgehead atoms. The third kappa shape index (κ3) is 4.25. The molecule has 0 amide bonds. The lowest BCUT2D eigenvalue weighted by atomic mass is 9.97. The number of aryl methyl sites for hydroxylation is 2. The molecular formula is C24H21BrN2O3S. The van der Waals surface area contributed by atoms with Gasteiger partial charge >= 0.3 is 0 Å². The van der Waals surface area contributed by atoms with Crippen molar-refractivity contribution in [2.24, 2.45) is 0 Å². The first-order valence-electron chi connectivity index (χ1n) is 10.3. The fraction of sp³-hybridized carbons (Fsp3) is 0.250. The van der Waals surface area contributed by atoms with Crippen molar-refractivity contribution < 1.29 is 9.47 Å². The Hall–Kier alpha value is -2.64. The molecule has 0 saturated heterocycles. The summed E-state index contributed by atoms with van der Waals surface area (Å²) in [4.78, 5) is 22.9. The predicted octanol–water partition coefficient (Wildman–Crippen LogP) is 5.75. The zero-order chi connectivity index (χ0) is 21.2. The molecule has 1 aliphatic rings. The van der Waals surface area contributed by atoms with Gasteiger partial charge in [-0.2, -0.15) is 0 Å². The second-order valence-corrected chi connectivity index (χ2v) is 9.46. The summed E-state index contributed by atoms with van der Waals surface area (Å²) in [6.45, 7) is 0.795. The van der Waals surface area contributed by atoms with Gasteiger partial charge in [0.1, 0.15) is 35.4 Å². The average Bonchev–Trinajstić information content (AvgIpc) is 3.17. The maximum atomic E-state index is 13.0. The minimum Gasteiger partial charge on any atom is -0.490 e. The Bertz CT molecular complexity index is 1280. The molecule has 2 heterocycles. The van der Waals surface area contributed by atoms with Crippen molar-refractivity contribution in [3.05, 3.63) is 73.8 Å². The van der Waals surface area contributed by atoms with Gasteiger partial charge in [0.15, 0.2) is 0 Å². The molecule has 0 aliphatic heterocycles. The zero-order valence-corrected chi connectivity index (χ0v) is 19.2. The highest BCUT2D eigenvalue weighted by Gasteiger charge is 2.21. The van der Waals surface area contributed by atoms with Crippen LogP contribution in [-0.2, 0) is 12.8 Å². The molecule has 0 radical (unpaired) electrons. The van der Waals surface area contributed by atoms with Crippen molar-refractivity contribution in [3.63, 3.8) is 0 Å². The number of aromatic nitrogens is 2. The maximum Gasteiger partial charge on any atom is 0.260 e. The summed E-state index contributed by atoms with van der Waals surface area (Å²) in [6, 6.07) is 15.4. The Kier molecular flexibility index (Phi) is 5.78. The van der Waals surface area contributed by atoms with Crippen LogP contribution < -0.4 is 15.0 Å². The molecule has 158 valence electrons. The van der Waals surface area contributed by atoms with Crippen LogP contribution in [0.5, 0.6) is 11.5 Å². The molecule has 0 spiro atoms. The van der Waals surface area contributed by atoms with E-state index in [9.17, 15) is 4.79 Å². The lowest BCUT2D eigenvalue weighted by Gasteiger charge is -2.13. The average molecular weight is 497 g/mol. The van der Waals surface area contributed by atoms with Gasteiger partial charge in [-0.15, -0.1) is 11.3 Å². The topological polar surface area (TPSA) is 64.2 Å². The van der Waals surface area contributed by atoms with Crippen LogP contribution in [0.15, 0.2) is 57.8 Å². The molecule has 4 aromatic rings. The Balaban J connectivity index is 1.42. The normalized spacial score (nSPS) is 13.2. The number of H-pyrrole nitrogens is 1. The highest BCUT2D eigenvalue weighted by atomic mass is 79.9. The number of thiophene rings is 1. The van der Waals surface area contributed by atoms with E-state index in [2.05, 4.69) is 20.9 Å². The van der Waals surface area contributed by atoms with Gasteiger partial charge in [-0.1, -0.05) is 34.1 Å². The summed E-state index contributed by atoms with van der Waals surface area (Å²) in [5.41, 5.74) is 1.87. The molecule has 31 heavy (non-hydrogen) atoms. The van der Waals surface area contributed by atoms with Gasteiger partial charge in [-0.25, -0.2) is 4.98 Å². The lowest BCUT2D eigenvalue weighted by molar-refractivity contribution is 0.217. The van der Waals surface area contributed by atoms with Crippen molar-refractivity contribution in [2.45, 2.75) is 25.7 Å². The molecule has 5 nitrogen and oxygen atoms in total. The molecule has 0 atom stereocenters. The van der Waals surface area contributed by atoms with Crippen molar-refractivity contribution in [1.29, 1.82) is 0 Å². The Labute approximate surface area is 192 Å². The number of para-hydroxylation sites is 1. The van der Waals surface area contributed by atoms with E-state index in [1.54, 1.807) is 11.3 Å². The number of nitrogens with zero attached hydrogens (tertiary/aromatic N) is 1. The Morgan fingerprint density at radius 3 is 2.71 bits per heavy atom. The van der Waals surface area contributed by atoms with Crippen LogP contribution in [0.1, 0.15) is 23.3 Å². The Morgan fingerprint density at radius 2 is 1.84 bits per heavy atom. The standard InChI is InChI=1S/C24H21BrN2O3S/c25-15-10-11-19(30-13-12-29-16-6-2-1-3-7-16)18(14-15)22-26-23(28)21-17-8-4-5-9-20(17)31-24(21)27-22/h1-3,6-7,10-11,14H,4-5,8-9,12-13H2,(H,26,27,28). The summed E-state index contributed by atoms with van der Waals surface area (Å²) in [7, 11) is 0. The highest BCUT2D eigenvalue weighted by Crippen LogP contribution is 2.36. The van der Waals surface area contributed by atoms with Crippen molar-refractivity contribution in [3.8, 4) is 22.9 Å². The zero-order valence-electron chi connectivity index (χ0n) is 16.8. The number of rotatable bonds is 6. The Morgan fingerprint density at radius 1 is 1.03 bits per heavy atom.